The van der Waals surface area contributed by atoms with E-state index in [4.69, 9.17) is 4.74 Å². The molecule has 0 spiro atoms. The molecule has 2 amide bonds. The average Bonchev–Trinajstić information content (AvgIpc) is 2.95. The summed E-state index contributed by atoms with van der Waals surface area (Å²) in [6.45, 7) is 3.05. The first-order chi connectivity index (χ1) is 18.6. The molecule has 0 heterocycles. The zero-order valence-electron chi connectivity index (χ0n) is 21.8. The van der Waals surface area contributed by atoms with Gasteiger partial charge in [0.15, 0.2) is 0 Å². The summed E-state index contributed by atoms with van der Waals surface area (Å²) in [5.74, 6) is -0.415. The number of nitro groups is 1. The van der Waals surface area contributed by atoms with Gasteiger partial charge in [0.05, 0.1) is 22.6 Å². The molecule has 1 N–H and O–H groups in total. The van der Waals surface area contributed by atoms with Crippen molar-refractivity contribution < 1.29 is 27.7 Å². The predicted octanol–water partition coefficient (Wildman–Crippen LogP) is 3.35. The third-order valence-corrected chi connectivity index (χ3v) is 7.78. The molecule has 12 heteroatoms. The molecule has 11 nitrogen and oxygen atoms in total. The third kappa shape index (κ3) is 7.11. The van der Waals surface area contributed by atoms with Crippen molar-refractivity contribution >= 4 is 33.2 Å². The van der Waals surface area contributed by atoms with Gasteiger partial charge >= 0.3 is 0 Å². The van der Waals surface area contributed by atoms with Crippen LogP contribution in [0, 0.1) is 10.1 Å². The van der Waals surface area contributed by atoms with E-state index in [9.17, 15) is 28.1 Å². The van der Waals surface area contributed by atoms with Gasteiger partial charge in [-0.3, -0.25) is 24.0 Å². The van der Waals surface area contributed by atoms with Gasteiger partial charge < -0.3 is 15.0 Å². The number of anilines is 1. The van der Waals surface area contributed by atoms with Crippen molar-refractivity contribution in [2.75, 3.05) is 24.5 Å². The van der Waals surface area contributed by atoms with Gasteiger partial charge in [-0.25, -0.2) is 8.42 Å². The Morgan fingerprint density at radius 1 is 1.00 bits per heavy atom. The highest BCUT2D eigenvalue weighted by molar-refractivity contribution is 7.92. The van der Waals surface area contributed by atoms with Crippen LogP contribution >= 0.6 is 0 Å². The molecule has 0 aliphatic carbocycles. The first-order valence-electron chi connectivity index (χ1n) is 12.1. The van der Waals surface area contributed by atoms with E-state index in [2.05, 4.69) is 5.32 Å². The number of nitro benzene ring substituents is 1. The minimum Gasteiger partial charge on any atom is -0.497 e. The number of methoxy groups -OCH3 is 1. The number of likely N-dealkylation sites (N-methyl/N-ethyl adjacent to an activating group) is 1. The van der Waals surface area contributed by atoms with E-state index in [1.54, 1.807) is 56.3 Å². The third-order valence-electron chi connectivity index (χ3n) is 5.99. The molecule has 206 valence electrons. The Hall–Kier alpha value is -4.45. The lowest BCUT2D eigenvalue weighted by Gasteiger charge is -2.32. The molecule has 3 aromatic rings. The highest BCUT2D eigenvalue weighted by atomic mass is 32.2. The van der Waals surface area contributed by atoms with E-state index in [0.29, 0.717) is 17.9 Å². The Morgan fingerprint density at radius 2 is 1.62 bits per heavy atom. The molecule has 39 heavy (non-hydrogen) atoms. The molecule has 0 saturated carbocycles. The number of non-ortho nitro benzene ring substituents is 1. The number of hydrogen-bond donors (Lipinski definition) is 1. The zero-order chi connectivity index (χ0) is 28.6. The summed E-state index contributed by atoms with van der Waals surface area (Å²) in [6.07, 6.45) is 0. The van der Waals surface area contributed by atoms with Crippen LogP contribution in [0.2, 0.25) is 0 Å². The summed E-state index contributed by atoms with van der Waals surface area (Å²) in [5.41, 5.74) is 0.536. The van der Waals surface area contributed by atoms with Crippen molar-refractivity contribution in [1.82, 2.24) is 10.2 Å². The molecule has 0 bridgehead atoms. The highest BCUT2D eigenvalue weighted by Gasteiger charge is 2.32. The number of nitrogens with zero attached hydrogens (tertiary/aromatic N) is 3. The Balaban J connectivity index is 2.02. The summed E-state index contributed by atoms with van der Waals surface area (Å²) < 4.78 is 33.4. The van der Waals surface area contributed by atoms with Crippen LogP contribution in [-0.4, -0.2) is 56.3 Å². The Kier molecular flexibility index (Phi) is 9.61. The van der Waals surface area contributed by atoms with Gasteiger partial charge in [-0.2, -0.15) is 0 Å². The van der Waals surface area contributed by atoms with Crippen molar-refractivity contribution in [2.45, 2.75) is 31.3 Å². The number of ether oxygens (including phenoxy) is 1. The van der Waals surface area contributed by atoms with Crippen molar-refractivity contribution in [1.29, 1.82) is 0 Å². The van der Waals surface area contributed by atoms with E-state index in [0.717, 1.165) is 4.31 Å². The lowest BCUT2D eigenvalue weighted by atomic mass is 10.1. The van der Waals surface area contributed by atoms with Crippen molar-refractivity contribution in [3.63, 3.8) is 0 Å². The molecule has 0 saturated heterocycles. The SMILES string of the molecule is CCNC(=O)C(C)N(Cc1ccc(OC)cc1)C(=O)CN(c1ccc([N+](=O)[O-])cc1)S(=O)(=O)c1ccccc1. The summed E-state index contributed by atoms with van der Waals surface area (Å²) in [7, 11) is -2.73. The van der Waals surface area contributed by atoms with Gasteiger partial charge in [-0.05, 0) is 55.8 Å². The quantitative estimate of drug-likeness (QED) is 0.268. The molecule has 0 aliphatic heterocycles. The number of nitrogens with one attached hydrogen (secondary N) is 1. The number of rotatable bonds is 12. The smallest absolute Gasteiger partial charge is 0.269 e. The van der Waals surface area contributed by atoms with Gasteiger partial charge in [0.1, 0.15) is 18.3 Å². The lowest BCUT2D eigenvalue weighted by molar-refractivity contribution is -0.384. The minimum atomic E-state index is -4.25. The molecular formula is C27H30N4O7S. The molecule has 1 unspecified atom stereocenters. The van der Waals surface area contributed by atoms with Crippen molar-refractivity contribution in [3.05, 3.63) is 94.5 Å². The van der Waals surface area contributed by atoms with Crippen LogP contribution in [0.5, 0.6) is 5.75 Å². The van der Waals surface area contributed by atoms with Crippen molar-refractivity contribution in [3.8, 4) is 5.75 Å². The maximum absolute atomic E-state index is 13.8. The van der Waals surface area contributed by atoms with Crippen molar-refractivity contribution in [2.24, 2.45) is 0 Å². The number of carbonyl (C=O) groups excluding carboxylic acids is 2. The standard InChI is InChI=1S/C27H30N4O7S/c1-4-28-27(33)20(2)29(18-21-10-16-24(38-3)17-11-21)26(32)19-30(22-12-14-23(15-13-22)31(34)35)39(36,37)25-8-6-5-7-9-25/h5-17,20H,4,18-19H2,1-3H3,(H,28,33). The van der Waals surface area contributed by atoms with Crippen LogP contribution < -0.4 is 14.4 Å². The molecule has 0 aromatic heterocycles. The van der Waals surface area contributed by atoms with Crippen LogP contribution in [0.15, 0.2) is 83.8 Å². The molecule has 1 atom stereocenters. The van der Waals surface area contributed by atoms with Gasteiger partial charge in [-0.1, -0.05) is 30.3 Å². The average molecular weight is 555 g/mol. The Morgan fingerprint density at radius 3 is 2.15 bits per heavy atom. The molecule has 0 radical (unpaired) electrons. The van der Waals surface area contributed by atoms with E-state index in [1.807, 2.05) is 0 Å². The number of hydrogen-bond acceptors (Lipinski definition) is 7. The van der Waals surface area contributed by atoms with Crippen LogP contribution in [0.1, 0.15) is 19.4 Å². The number of carbonyl (C=O) groups is 2. The second kappa shape index (κ2) is 12.9. The van der Waals surface area contributed by atoms with Gasteiger partial charge in [0.2, 0.25) is 11.8 Å². The first kappa shape index (κ1) is 29.1. The van der Waals surface area contributed by atoms with Crippen LogP contribution in [0.25, 0.3) is 0 Å². The van der Waals surface area contributed by atoms with Gasteiger partial charge in [0, 0.05) is 25.2 Å². The van der Waals surface area contributed by atoms with Gasteiger partial charge in [-0.15, -0.1) is 0 Å². The Labute approximate surface area is 227 Å². The summed E-state index contributed by atoms with van der Waals surface area (Å²) in [4.78, 5) is 38.3. The predicted molar refractivity (Wildman–Crippen MR) is 146 cm³/mol. The van der Waals surface area contributed by atoms with E-state index in [-0.39, 0.29) is 22.8 Å². The van der Waals surface area contributed by atoms with Gasteiger partial charge in [0.25, 0.3) is 15.7 Å². The molecule has 3 rings (SSSR count). The number of sulfonamides is 1. The van der Waals surface area contributed by atoms with Crippen LogP contribution in [-0.2, 0) is 26.2 Å². The fraction of sp³-hybridized carbons (Fsp3) is 0.259. The highest BCUT2D eigenvalue weighted by Crippen LogP contribution is 2.26. The molecule has 0 fully saturated rings. The fourth-order valence-corrected chi connectivity index (χ4v) is 5.26. The first-order valence-corrected chi connectivity index (χ1v) is 13.5. The minimum absolute atomic E-state index is 0.0284. The van der Waals surface area contributed by atoms with E-state index < -0.39 is 39.3 Å². The zero-order valence-corrected chi connectivity index (χ0v) is 22.6. The molecule has 3 aromatic carbocycles. The van der Waals surface area contributed by atoms with E-state index in [1.165, 1.54) is 48.4 Å². The molecule has 0 aliphatic rings. The fourth-order valence-electron chi connectivity index (χ4n) is 3.82. The summed E-state index contributed by atoms with van der Waals surface area (Å²) >= 11 is 0. The topological polar surface area (TPSA) is 139 Å². The normalized spacial score (nSPS) is 11.8. The lowest BCUT2D eigenvalue weighted by Crippen LogP contribution is -2.51. The summed E-state index contributed by atoms with van der Waals surface area (Å²) in [5, 5.41) is 13.8. The Bertz CT molecular complexity index is 1400. The monoisotopic (exact) mass is 554 g/mol. The maximum Gasteiger partial charge on any atom is 0.269 e. The second-order valence-electron chi connectivity index (χ2n) is 8.54. The largest absolute Gasteiger partial charge is 0.497 e. The van der Waals surface area contributed by atoms with Crippen LogP contribution in [0.3, 0.4) is 0 Å². The number of amides is 2. The van der Waals surface area contributed by atoms with Crippen LogP contribution in [0.4, 0.5) is 11.4 Å². The summed E-state index contributed by atoms with van der Waals surface area (Å²) in [6, 6.07) is 18.4. The molecular weight excluding hydrogens is 524 g/mol. The second-order valence-corrected chi connectivity index (χ2v) is 10.4. The number of benzene rings is 3. The van der Waals surface area contributed by atoms with E-state index >= 15 is 0 Å². The maximum atomic E-state index is 13.8.